The average Bonchev–Trinajstić information content (AvgIpc) is 3.09. The first kappa shape index (κ1) is 45.1. The van der Waals surface area contributed by atoms with Crippen LogP contribution in [0.4, 0.5) is 0 Å². The van der Waals surface area contributed by atoms with E-state index in [-0.39, 0.29) is 31.6 Å². The third kappa shape index (κ3) is 35.9. The van der Waals surface area contributed by atoms with E-state index in [2.05, 4.69) is 86.8 Å². The van der Waals surface area contributed by atoms with E-state index in [1.807, 2.05) is 12.2 Å². The first-order valence-corrected chi connectivity index (χ1v) is 19.1. The molecule has 0 saturated heterocycles. The molecule has 0 aromatic rings. The fourth-order valence-corrected chi connectivity index (χ4v) is 4.74. The molecular weight excluding hydrogens is 596 g/mol. The molecule has 0 aliphatic carbocycles. The van der Waals surface area contributed by atoms with Crippen LogP contribution in [0.2, 0.25) is 0 Å². The van der Waals surface area contributed by atoms with Gasteiger partial charge in [-0.15, -0.1) is 0 Å². The maximum Gasteiger partial charge on any atom is 0.306 e. The predicted molar refractivity (Wildman–Crippen MR) is 205 cm³/mol. The number of allylic oxidation sites excluding steroid dienone is 14. The van der Waals surface area contributed by atoms with Crippen molar-refractivity contribution in [3.05, 3.63) is 85.1 Å². The Balaban J connectivity index is 3.75. The molecule has 0 bridgehead atoms. The first-order valence-electron chi connectivity index (χ1n) is 19.1. The highest BCUT2D eigenvalue weighted by molar-refractivity contribution is 5.70. The number of carbonyl (C=O) groups excluding carboxylic acids is 2. The summed E-state index contributed by atoms with van der Waals surface area (Å²) in [6.45, 7) is 3.98. The Hall–Kier alpha value is -2.92. The minimum absolute atomic E-state index is 0.116. The van der Waals surface area contributed by atoms with Crippen LogP contribution < -0.4 is 0 Å². The Kier molecular flexibility index (Phi) is 36.2. The molecule has 0 aliphatic heterocycles. The third-order valence-electron chi connectivity index (χ3n) is 7.67. The monoisotopic (exact) mass is 667 g/mol. The van der Waals surface area contributed by atoms with Crippen molar-refractivity contribution in [2.75, 3.05) is 13.2 Å². The Labute approximate surface area is 295 Å². The fourth-order valence-electron chi connectivity index (χ4n) is 4.74. The molecule has 0 heterocycles. The third-order valence-corrected chi connectivity index (χ3v) is 7.67. The van der Waals surface area contributed by atoms with Crippen molar-refractivity contribution in [2.24, 2.45) is 0 Å². The lowest BCUT2D eigenvalue weighted by Crippen LogP contribution is -2.28. The average molecular weight is 667 g/mol. The van der Waals surface area contributed by atoms with Crippen molar-refractivity contribution in [1.29, 1.82) is 0 Å². The zero-order valence-electron chi connectivity index (χ0n) is 30.7. The number of esters is 2. The van der Waals surface area contributed by atoms with Crippen LogP contribution in [-0.2, 0) is 19.1 Å². The van der Waals surface area contributed by atoms with Crippen LogP contribution in [0.5, 0.6) is 0 Å². The Morgan fingerprint density at radius 1 is 0.479 bits per heavy atom. The van der Waals surface area contributed by atoms with Crippen molar-refractivity contribution in [3.8, 4) is 0 Å². The van der Waals surface area contributed by atoms with Gasteiger partial charge >= 0.3 is 11.9 Å². The number of aliphatic hydroxyl groups excluding tert-OH is 1. The summed E-state index contributed by atoms with van der Waals surface area (Å²) in [6.07, 6.45) is 52.2. The van der Waals surface area contributed by atoms with E-state index in [1.165, 1.54) is 57.8 Å². The second-order valence-electron chi connectivity index (χ2n) is 12.3. The summed E-state index contributed by atoms with van der Waals surface area (Å²) in [6, 6.07) is 0. The van der Waals surface area contributed by atoms with Crippen molar-refractivity contribution >= 4 is 11.9 Å². The lowest BCUT2D eigenvalue weighted by molar-refractivity contribution is -0.161. The SMILES string of the molecule is CCCCC/C=C\C/C=C\C/C=C\C/C=C\C/C=C\CCC(=O)OC[C@H](CO)OC(=O)CCCCCCC/C=C\C/C=C\CCCCC. The van der Waals surface area contributed by atoms with Crippen LogP contribution in [0.3, 0.4) is 0 Å². The van der Waals surface area contributed by atoms with E-state index in [1.54, 1.807) is 0 Å². The smallest absolute Gasteiger partial charge is 0.306 e. The minimum Gasteiger partial charge on any atom is -0.462 e. The molecule has 0 fully saturated rings. The molecule has 1 atom stereocenters. The van der Waals surface area contributed by atoms with Gasteiger partial charge in [-0.25, -0.2) is 0 Å². The number of hydrogen-bond acceptors (Lipinski definition) is 5. The molecule has 0 aromatic carbocycles. The maximum atomic E-state index is 12.1. The molecule has 0 amide bonds. The Morgan fingerprint density at radius 2 is 0.875 bits per heavy atom. The molecule has 272 valence electrons. The van der Waals surface area contributed by atoms with Crippen LogP contribution in [0.15, 0.2) is 85.1 Å². The number of unbranched alkanes of at least 4 members (excludes halogenated alkanes) is 11. The van der Waals surface area contributed by atoms with Crippen LogP contribution in [0.25, 0.3) is 0 Å². The summed E-state index contributed by atoms with van der Waals surface area (Å²) in [5.41, 5.74) is 0. The largest absolute Gasteiger partial charge is 0.462 e. The van der Waals surface area contributed by atoms with Crippen molar-refractivity contribution in [3.63, 3.8) is 0 Å². The van der Waals surface area contributed by atoms with E-state index in [0.717, 1.165) is 64.2 Å². The summed E-state index contributed by atoms with van der Waals surface area (Å²) in [5.74, 6) is -0.712. The molecule has 5 heteroatoms. The fraction of sp³-hybridized carbons (Fsp3) is 0.628. The van der Waals surface area contributed by atoms with E-state index in [9.17, 15) is 14.7 Å². The molecule has 0 radical (unpaired) electrons. The summed E-state index contributed by atoms with van der Waals surface area (Å²) >= 11 is 0. The van der Waals surface area contributed by atoms with Gasteiger partial charge in [-0.2, -0.15) is 0 Å². The maximum absolute atomic E-state index is 12.1. The van der Waals surface area contributed by atoms with Crippen molar-refractivity contribution in [2.45, 2.75) is 161 Å². The normalized spacial score (nSPS) is 13.1. The van der Waals surface area contributed by atoms with Gasteiger partial charge in [0.15, 0.2) is 6.10 Å². The molecule has 0 aliphatic rings. The van der Waals surface area contributed by atoms with Gasteiger partial charge < -0.3 is 14.6 Å². The zero-order valence-corrected chi connectivity index (χ0v) is 30.7. The topological polar surface area (TPSA) is 72.8 Å². The molecule has 0 aromatic heterocycles. The second kappa shape index (κ2) is 38.5. The van der Waals surface area contributed by atoms with Crippen LogP contribution in [0, 0.1) is 0 Å². The minimum atomic E-state index is -0.813. The van der Waals surface area contributed by atoms with Crippen molar-refractivity contribution in [1.82, 2.24) is 0 Å². The molecule has 0 saturated carbocycles. The molecule has 1 N–H and O–H groups in total. The van der Waals surface area contributed by atoms with E-state index < -0.39 is 6.10 Å². The highest BCUT2D eigenvalue weighted by Gasteiger charge is 2.15. The van der Waals surface area contributed by atoms with Gasteiger partial charge in [-0.1, -0.05) is 144 Å². The van der Waals surface area contributed by atoms with Gasteiger partial charge in [-0.3, -0.25) is 9.59 Å². The molecule has 0 unspecified atom stereocenters. The lowest BCUT2D eigenvalue weighted by atomic mass is 10.1. The lowest BCUT2D eigenvalue weighted by Gasteiger charge is -2.15. The summed E-state index contributed by atoms with van der Waals surface area (Å²) < 4.78 is 10.5. The summed E-state index contributed by atoms with van der Waals surface area (Å²) in [4.78, 5) is 24.2. The number of aliphatic hydroxyl groups is 1. The quantitative estimate of drug-likeness (QED) is 0.0429. The van der Waals surface area contributed by atoms with Gasteiger partial charge in [-0.05, 0) is 83.5 Å². The molecule has 0 rings (SSSR count). The molecule has 5 nitrogen and oxygen atoms in total. The number of ether oxygens (including phenoxy) is 2. The highest BCUT2D eigenvalue weighted by atomic mass is 16.6. The van der Waals surface area contributed by atoms with Crippen LogP contribution >= 0.6 is 0 Å². The molecular formula is C43H70O5. The van der Waals surface area contributed by atoms with Gasteiger partial charge in [0, 0.05) is 12.8 Å². The number of rotatable bonds is 33. The Bertz CT molecular complexity index is 937. The van der Waals surface area contributed by atoms with Gasteiger partial charge in [0.05, 0.1) is 6.61 Å². The van der Waals surface area contributed by atoms with Crippen LogP contribution in [0.1, 0.15) is 155 Å². The zero-order chi connectivity index (χ0) is 35.0. The van der Waals surface area contributed by atoms with Crippen LogP contribution in [-0.4, -0.2) is 36.4 Å². The van der Waals surface area contributed by atoms with E-state index in [0.29, 0.717) is 12.8 Å². The van der Waals surface area contributed by atoms with Gasteiger partial charge in [0.2, 0.25) is 0 Å². The first-order chi connectivity index (χ1) is 23.6. The van der Waals surface area contributed by atoms with E-state index in [4.69, 9.17) is 9.47 Å². The number of carbonyl (C=O) groups is 2. The van der Waals surface area contributed by atoms with Gasteiger partial charge in [0.25, 0.3) is 0 Å². The molecule has 0 spiro atoms. The highest BCUT2D eigenvalue weighted by Crippen LogP contribution is 2.10. The second-order valence-corrected chi connectivity index (χ2v) is 12.3. The van der Waals surface area contributed by atoms with Gasteiger partial charge in [0.1, 0.15) is 6.61 Å². The molecule has 48 heavy (non-hydrogen) atoms. The van der Waals surface area contributed by atoms with Crippen molar-refractivity contribution < 1.29 is 24.2 Å². The number of hydrogen-bond donors (Lipinski definition) is 1. The summed E-state index contributed by atoms with van der Waals surface area (Å²) in [5, 5.41) is 9.53. The standard InChI is InChI=1S/C43H70O5/c1-3-5-7-9-11-13-15-17-19-20-21-22-24-25-27-29-31-33-35-37-42(45)47-40-41(39-44)48-43(46)38-36-34-32-30-28-26-23-18-16-14-12-10-8-6-4-2/h11-14,17-19,21-23,25,27,31,33,41,44H,3-10,15-16,20,24,26,28-30,32,34-40H2,1-2H3/b13-11-,14-12-,19-17-,22-21-,23-18-,27-25-,33-31-/t41-/m0/s1. The predicted octanol–water partition coefficient (Wildman–Crippen LogP) is 11.9. The summed E-state index contributed by atoms with van der Waals surface area (Å²) in [7, 11) is 0. The van der Waals surface area contributed by atoms with E-state index >= 15 is 0 Å². The Morgan fingerprint density at radius 3 is 1.33 bits per heavy atom.